The average Bonchev–Trinajstić information content (AvgIpc) is 2.25. The van der Waals surface area contributed by atoms with Crippen molar-refractivity contribution in [3.63, 3.8) is 0 Å². The highest BCUT2D eigenvalue weighted by atomic mass is 19.4. The van der Waals surface area contributed by atoms with Crippen LogP contribution in [0.3, 0.4) is 0 Å². The van der Waals surface area contributed by atoms with Gasteiger partial charge in [0.05, 0.1) is 22.1 Å². The molecule has 0 atom stereocenters. The second-order valence-corrected chi connectivity index (χ2v) is 3.09. The molecular weight excluding hydrogens is 239 g/mol. The van der Waals surface area contributed by atoms with E-state index in [0.29, 0.717) is 6.07 Å². The Balaban J connectivity index is 3.61. The van der Waals surface area contributed by atoms with Gasteiger partial charge in [-0.1, -0.05) is 0 Å². The van der Waals surface area contributed by atoms with Gasteiger partial charge in [-0.25, -0.2) is 0 Å². The van der Waals surface area contributed by atoms with Gasteiger partial charge >= 0.3 is 6.18 Å². The Labute approximate surface area is 93.4 Å². The standard InChI is InChI=1S/C9H6F3N3O2/c10-9(11,12)8-2-6(15(16)17)1-5(3-13)7(8)4-14/h1-2H,4,14H2. The van der Waals surface area contributed by atoms with E-state index >= 15 is 0 Å². The first kappa shape index (κ1) is 12.9. The molecule has 8 heteroatoms. The molecule has 0 spiro atoms. The SMILES string of the molecule is N#Cc1cc([N+](=O)[O-])cc(C(F)(F)F)c1CN. The summed E-state index contributed by atoms with van der Waals surface area (Å²) in [5, 5.41) is 19.1. The van der Waals surface area contributed by atoms with Crippen molar-refractivity contribution in [2.45, 2.75) is 12.7 Å². The highest BCUT2D eigenvalue weighted by Crippen LogP contribution is 2.35. The number of benzene rings is 1. The lowest BCUT2D eigenvalue weighted by atomic mass is 10.00. The maximum Gasteiger partial charge on any atom is 0.417 e. The molecule has 17 heavy (non-hydrogen) atoms. The number of nitrogens with two attached hydrogens (primary N) is 1. The Morgan fingerprint density at radius 3 is 2.41 bits per heavy atom. The minimum atomic E-state index is -4.79. The number of nitro benzene ring substituents is 1. The average molecular weight is 245 g/mol. The number of nitro groups is 1. The van der Waals surface area contributed by atoms with Crippen molar-refractivity contribution in [2.24, 2.45) is 5.73 Å². The lowest BCUT2D eigenvalue weighted by molar-refractivity contribution is -0.385. The second-order valence-electron chi connectivity index (χ2n) is 3.09. The van der Waals surface area contributed by atoms with Crippen molar-refractivity contribution in [3.05, 3.63) is 38.9 Å². The minimum Gasteiger partial charge on any atom is -0.326 e. The number of rotatable bonds is 2. The van der Waals surface area contributed by atoms with Crippen molar-refractivity contribution in [1.82, 2.24) is 0 Å². The molecule has 0 aromatic heterocycles. The number of nitriles is 1. The summed E-state index contributed by atoms with van der Waals surface area (Å²) in [7, 11) is 0. The van der Waals surface area contributed by atoms with Crippen molar-refractivity contribution in [1.29, 1.82) is 5.26 Å². The largest absolute Gasteiger partial charge is 0.417 e. The number of alkyl halides is 3. The van der Waals surface area contributed by atoms with E-state index in [-0.39, 0.29) is 0 Å². The Bertz CT molecular complexity index is 505. The third kappa shape index (κ3) is 2.51. The molecule has 0 radical (unpaired) electrons. The molecule has 2 N–H and O–H groups in total. The smallest absolute Gasteiger partial charge is 0.326 e. The zero-order chi connectivity index (χ0) is 13.2. The first-order valence-electron chi connectivity index (χ1n) is 4.30. The zero-order valence-electron chi connectivity index (χ0n) is 8.28. The first-order chi connectivity index (χ1) is 7.81. The van der Waals surface area contributed by atoms with E-state index in [9.17, 15) is 23.3 Å². The van der Waals surface area contributed by atoms with Crippen LogP contribution in [0.25, 0.3) is 0 Å². The van der Waals surface area contributed by atoms with Gasteiger partial charge in [-0.05, 0) is 5.56 Å². The molecule has 90 valence electrons. The summed E-state index contributed by atoms with van der Waals surface area (Å²) in [6.07, 6.45) is -4.79. The topological polar surface area (TPSA) is 92.9 Å². The van der Waals surface area contributed by atoms with Crippen LogP contribution in [0.4, 0.5) is 18.9 Å². The van der Waals surface area contributed by atoms with Gasteiger partial charge in [0.2, 0.25) is 0 Å². The molecule has 1 aromatic rings. The van der Waals surface area contributed by atoms with Gasteiger partial charge in [0.15, 0.2) is 0 Å². The van der Waals surface area contributed by atoms with E-state index in [2.05, 4.69) is 0 Å². The number of hydrogen-bond acceptors (Lipinski definition) is 4. The molecule has 0 saturated heterocycles. The van der Waals surface area contributed by atoms with Gasteiger partial charge in [0, 0.05) is 18.7 Å². The highest BCUT2D eigenvalue weighted by molar-refractivity contribution is 5.52. The maximum absolute atomic E-state index is 12.6. The summed E-state index contributed by atoms with van der Waals surface area (Å²) in [6, 6.07) is 2.62. The van der Waals surface area contributed by atoms with Crippen molar-refractivity contribution < 1.29 is 18.1 Å². The molecular formula is C9H6F3N3O2. The van der Waals surface area contributed by atoms with E-state index < -0.39 is 40.0 Å². The van der Waals surface area contributed by atoms with E-state index in [1.807, 2.05) is 0 Å². The fourth-order valence-corrected chi connectivity index (χ4v) is 1.33. The van der Waals surface area contributed by atoms with Crippen molar-refractivity contribution in [3.8, 4) is 6.07 Å². The predicted octanol–water partition coefficient (Wildman–Crippen LogP) is 1.94. The lowest BCUT2D eigenvalue weighted by Gasteiger charge is -2.12. The van der Waals surface area contributed by atoms with E-state index in [4.69, 9.17) is 11.0 Å². The third-order valence-corrected chi connectivity index (χ3v) is 2.08. The summed E-state index contributed by atoms with van der Waals surface area (Å²) in [5.41, 5.74) is 2.22. The van der Waals surface area contributed by atoms with Crippen molar-refractivity contribution in [2.75, 3.05) is 0 Å². The van der Waals surface area contributed by atoms with Crippen LogP contribution in [0.5, 0.6) is 0 Å². The van der Waals surface area contributed by atoms with Gasteiger partial charge in [-0.15, -0.1) is 0 Å². The molecule has 0 fully saturated rings. The van der Waals surface area contributed by atoms with Crippen LogP contribution in [0.2, 0.25) is 0 Å². The Kier molecular flexibility index (Phi) is 3.34. The second kappa shape index (κ2) is 4.39. The summed E-state index contributed by atoms with van der Waals surface area (Å²) in [4.78, 5) is 9.46. The molecule has 0 bridgehead atoms. The monoisotopic (exact) mass is 245 g/mol. The van der Waals surface area contributed by atoms with E-state index in [0.717, 1.165) is 6.07 Å². The summed E-state index contributed by atoms with van der Waals surface area (Å²) in [6.45, 7) is -0.518. The van der Waals surface area contributed by atoms with Crippen molar-refractivity contribution >= 4 is 5.69 Å². The summed E-state index contributed by atoms with van der Waals surface area (Å²) < 4.78 is 37.8. The van der Waals surface area contributed by atoms with E-state index in [1.54, 1.807) is 0 Å². The fourth-order valence-electron chi connectivity index (χ4n) is 1.33. The quantitative estimate of drug-likeness (QED) is 0.636. The molecule has 0 aliphatic carbocycles. The van der Waals surface area contributed by atoms with Gasteiger partial charge < -0.3 is 5.73 Å². The summed E-state index contributed by atoms with van der Waals surface area (Å²) >= 11 is 0. The molecule has 0 aliphatic rings. The summed E-state index contributed by atoms with van der Waals surface area (Å²) in [5.74, 6) is 0. The number of non-ortho nitro benzene ring substituents is 1. The van der Waals surface area contributed by atoms with Crippen LogP contribution in [-0.2, 0) is 12.7 Å². The fraction of sp³-hybridized carbons (Fsp3) is 0.222. The maximum atomic E-state index is 12.6. The lowest BCUT2D eigenvalue weighted by Crippen LogP contribution is -2.14. The van der Waals surface area contributed by atoms with Crippen LogP contribution in [0.15, 0.2) is 12.1 Å². The van der Waals surface area contributed by atoms with Gasteiger partial charge in [0.1, 0.15) is 0 Å². The van der Waals surface area contributed by atoms with E-state index in [1.165, 1.54) is 6.07 Å². The molecule has 1 rings (SSSR count). The zero-order valence-corrected chi connectivity index (χ0v) is 8.28. The van der Waals surface area contributed by atoms with Gasteiger partial charge in [-0.3, -0.25) is 10.1 Å². The van der Waals surface area contributed by atoms with Gasteiger partial charge in [-0.2, -0.15) is 18.4 Å². The van der Waals surface area contributed by atoms with Crippen LogP contribution in [0, 0.1) is 21.4 Å². The van der Waals surface area contributed by atoms with Crippen LogP contribution in [-0.4, -0.2) is 4.92 Å². The Hall–Kier alpha value is -2.14. The molecule has 0 heterocycles. The van der Waals surface area contributed by atoms with Gasteiger partial charge in [0.25, 0.3) is 5.69 Å². The number of halogens is 3. The number of hydrogen-bond donors (Lipinski definition) is 1. The molecule has 0 unspecified atom stereocenters. The molecule has 0 aliphatic heterocycles. The van der Waals surface area contributed by atoms with Crippen LogP contribution >= 0.6 is 0 Å². The Morgan fingerprint density at radius 2 is 2.06 bits per heavy atom. The minimum absolute atomic E-state index is 0.378. The third-order valence-electron chi connectivity index (χ3n) is 2.08. The normalized spacial score (nSPS) is 11.0. The molecule has 1 aromatic carbocycles. The molecule has 0 amide bonds. The highest BCUT2D eigenvalue weighted by Gasteiger charge is 2.36. The Morgan fingerprint density at radius 1 is 1.47 bits per heavy atom. The number of nitrogens with zero attached hydrogens (tertiary/aromatic N) is 2. The molecule has 5 nitrogen and oxygen atoms in total. The van der Waals surface area contributed by atoms with Crippen LogP contribution < -0.4 is 5.73 Å². The predicted molar refractivity (Wildman–Crippen MR) is 50.7 cm³/mol. The first-order valence-corrected chi connectivity index (χ1v) is 4.30. The van der Waals surface area contributed by atoms with Crippen LogP contribution in [0.1, 0.15) is 16.7 Å². The molecule has 0 saturated carbocycles.